The molecule has 7 heteroatoms. The van der Waals surface area contributed by atoms with Gasteiger partial charge in [0.2, 0.25) is 0 Å². The number of carbonyl (C=O) groups excluding carboxylic acids is 2. The molecular formula is C25H37NO6. The lowest BCUT2D eigenvalue weighted by atomic mass is 9.76. The van der Waals surface area contributed by atoms with Crippen molar-refractivity contribution in [3.63, 3.8) is 0 Å². The van der Waals surface area contributed by atoms with Gasteiger partial charge in [-0.15, -0.1) is 0 Å². The molecule has 178 valence electrons. The van der Waals surface area contributed by atoms with Crippen LogP contribution in [0.2, 0.25) is 0 Å². The van der Waals surface area contributed by atoms with E-state index in [-0.39, 0.29) is 17.6 Å². The molecule has 3 rings (SSSR count). The second-order valence-corrected chi connectivity index (χ2v) is 10.2. The number of hydrogen-bond donors (Lipinski definition) is 3. The number of pyridine rings is 1. The largest absolute Gasteiger partial charge is 0.457 e. The van der Waals surface area contributed by atoms with Gasteiger partial charge in [-0.3, -0.25) is 14.6 Å². The van der Waals surface area contributed by atoms with E-state index in [2.05, 4.69) is 4.98 Å². The summed E-state index contributed by atoms with van der Waals surface area (Å²) in [4.78, 5) is 30.5. The standard InChI is InChI=1S/C25H37NO6/c1-13-11-14(2)20(28)17(5)23(30)25(8-9-25)24(31)32-22(18-7-6-10-26-12-18)16(4)21(29)15(3)19(13)27/h6-7,10,12-17,20-23,28-30H,8-9,11H2,1-5H3/t13-,14+,15?,16-,17-,20+,21-,22+,23+/m1/s1. The van der Waals surface area contributed by atoms with Gasteiger partial charge in [0, 0.05) is 41.6 Å². The Hall–Kier alpha value is -1.83. The zero-order valence-electron chi connectivity index (χ0n) is 19.6. The highest BCUT2D eigenvalue weighted by atomic mass is 16.5. The second kappa shape index (κ2) is 9.57. The zero-order valence-corrected chi connectivity index (χ0v) is 19.6. The van der Waals surface area contributed by atoms with Crippen LogP contribution in [0, 0.1) is 35.0 Å². The van der Waals surface area contributed by atoms with Gasteiger partial charge in [0.05, 0.1) is 23.7 Å². The van der Waals surface area contributed by atoms with Crippen molar-refractivity contribution in [2.45, 2.75) is 78.3 Å². The molecule has 9 atom stereocenters. The van der Waals surface area contributed by atoms with Crippen LogP contribution in [0.5, 0.6) is 0 Å². The Bertz CT molecular complexity index is 810. The summed E-state index contributed by atoms with van der Waals surface area (Å²) in [6.45, 7) is 8.87. The van der Waals surface area contributed by atoms with E-state index < -0.39 is 53.6 Å². The van der Waals surface area contributed by atoms with Crippen molar-refractivity contribution in [3.8, 4) is 0 Å². The minimum Gasteiger partial charge on any atom is -0.457 e. The topological polar surface area (TPSA) is 117 Å². The first-order valence-corrected chi connectivity index (χ1v) is 11.7. The van der Waals surface area contributed by atoms with Gasteiger partial charge < -0.3 is 20.1 Å². The Morgan fingerprint density at radius 1 is 1.00 bits per heavy atom. The van der Waals surface area contributed by atoms with Crippen LogP contribution in [-0.4, -0.2) is 50.4 Å². The maximum absolute atomic E-state index is 13.3. The summed E-state index contributed by atoms with van der Waals surface area (Å²) < 4.78 is 5.94. The van der Waals surface area contributed by atoms with Crippen molar-refractivity contribution < 1.29 is 29.6 Å². The quantitative estimate of drug-likeness (QED) is 0.567. The van der Waals surface area contributed by atoms with Crippen LogP contribution in [0.1, 0.15) is 65.5 Å². The van der Waals surface area contributed by atoms with Gasteiger partial charge in [0.25, 0.3) is 0 Å². The van der Waals surface area contributed by atoms with Gasteiger partial charge in [-0.25, -0.2) is 0 Å². The minimum atomic E-state index is -1.06. The van der Waals surface area contributed by atoms with E-state index in [1.165, 1.54) is 0 Å². The third-order valence-electron chi connectivity index (χ3n) is 7.82. The van der Waals surface area contributed by atoms with Crippen LogP contribution in [0.15, 0.2) is 24.5 Å². The summed E-state index contributed by atoms with van der Waals surface area (Å²) in [5.41, 5.74) is -0.429. The van der Waals surface area contributed by atoms with E-state index in [9.17, 15) is 24.9 Å². The van der Waals surface area contributed by atoms with Crippen molar-refractivity contribution in [1.82, 2.24) is 4.98 Å². The molecular weight excluding hydrogens is 410 g/mol. The average molecular weight is 448 g/mol. The minimum absolute atomic E-state index is 0.0939. The highest BCUT2D eigenvalue weighted by molar-refractivity contribution is 5.83. The lowest BCUT2D eigenvalue weighted by Gasteiger charge is -2.37. The van der Waals surface area contributed by atoms with Gasteiger partial charge in [0.1, 0.15) is 11.9 Å². The predicted molar refractivity (Wildman–Crippen MR) is 118 cm³/mol. The molecule has 0 amide bonds. The van der Waals surface area contributed by atoms with Gasteiger partial charge in [0.15, 0.2) is 0 Å². The number of carbonyl (C=O) groups is 2. The second-order valence-electron chi connectivity index (χ2n) is 10.2. The van der Waals surface area contributed by atoms with E-state index in [4.69, 9.17) is 4.74 Å². The molecule has 1 aromatic heterocycles. The van der Waals surface area contributed by atoms with Gasteiger partial charge in [-0.2, -0.15) is 0 Å². The van der Waals surface area contributed by atoms with Gasteiger partial charge in [-0.1, -0.05) is 40.7 Å². The fraction of sp³-hybridized carbons (Fsp3) is 0.720. The first-order valence-electron chi connectivity index (χ1n) is 11.7. The molecule has 32 heavy (non-hydrogen) atoms. The normalized spacial score (nSPS) is 41.1. The first kappa shape index (κ1) is 24.8. The Morgan fingerprint density at radius 3 is 2.22 bits per heavy atom. The number of aliphatic hydroxyl groups excluding tert-OH is 3. The molecule has 0 bridgehead atoms. The molecule has 1 aromatic rings. The number of ether oxygens (including phenoxy) is 1. The van der Waals surface area contributed by atoms with Crippen molar-refractivity contribution in [1.29, 1.82) is 0 Å². The van der Waals surface area contributed by atoms with Crippen molar-refractivity contribution in [2.24, 2.45) is 35.0 Å². The molecule has 1 aliphatic carbocycles. The highest BCUT2D eigenvalue weighted by Crippen LogP contribution is 2.53. The summed E-state index contributed by atoms with van der Waals surface area (Å²) in [6, 6.07) is 3.50. The summed E-state index contributed by atoms with van der Waals surface area (Å²) in [6.07, 6.45) is 0.821. The number of nitrogens with zero attached hydrogens (tertiary/aromatic N) is 1. The van der Waals surface area contributed by atoms with Gasteiger partial charge in [-0.05, 0) is 31.2 Å². The van der Waals surface area contributed by atoms with E-state index in [1.54, 1.807) is 45.3 Å². The molecule has 3 N–H and O–H groups in total. The van der Waals surface area contributed by atoms with Crippen molar-refractivity contribution >= 4 is 11.8 Å². The molecule has 2 heterocycles. The SMILES string of the molecule is CC1C(=O)[C@H](C)C[C@H](C)[C@H](O)[C@@H](C)[C@H](O)C2(CC2)C(=O)O[C@H](c2cccnc2)[C@H](C)[C@@H]1O. The van der Waals surface area contributed by atoms with Crippen LogP contribution >= 0.6 is 0 Å². The third-order valence-corrected chi connectivity index (χ3v) is 7.82. The number of aliphatic hydroxyl groups is 3. The number of ketones is 1. The van der Waals surface area contributed by atoms with Crippen LogP contribution < -0.4 is 0 Å². The maximum atomic E-state index is 13.3. The van der Waals surface area contributed by atoms with Crippen LogP contribution in [0.3, 0.4) is 0 Å². The fourth-order valence-corrected chi connectivity index (χ4v) is 5.28. The number of esters is 1. The summed E-state index contributed by atoms with van der Waals surface area (Å²) in [5, 5.41) is 33.1. The molecule has 1 aliphatic heterocycles. The van der Waals surface area contributed by atoms with E-state index in [0.29, 0.717) is 24.8 Å². The molecule has 1 unspecified atom stereocenters. The van der Waals surface area contributed by atoms with Crippen molar-refractivity contribution in [3.05, 3.63) is 30.1 Å². The number of cyclic esters (lactones) is 1. The van der Waals surface area contributed by atoms with E-state index >= 15 is 0 Å². The number of Topliss-reactive ketones (excluding diaryl/α,β-unsaturated/α-hetero) is 1. The van der Waals surface area contributed by atoms with Crippen LogP contribution in [0.4, 0.5) is 0 Å². The Labute approximate surface area is 190 Å². The maximum Gasteiger partial charge on any atom is 0.315 e. The number of hydrogen-bond acceptors (Lipinski definition) is 7. The third kappa shape index (κ3) is 4.61. The summed E-state index contributed by atoms with van der Waals surface area (Å²) in [5.74, 6) is -3.02. The van der Waals surface area contributed by atoms with Gasteiger partial charge >= 0.3 is 5.97 Å². The Morgan fingerprint density at radius 2 is 1.66 bits per heavy atom. The summed E-state index contributed by atoms with van der Waals surface area (Å²) in [7, 11) is 0. The molecule has 1 spiro atoms. The fourth-order valence-electron chi connectivity index (χ4n) is 5.28. The lowest BCUT2D eigenvalue weighted by Crippen LogP contribution is -2.45. The Kier molecular flexibility index (Phi) is 7.42. The Balaban J connectivity index is 2.01. The molecule has 1 saturated heterocycles. The first-order chi connectivity index (χ1) is 15.0. The lowest BCUT2D eigenvalue weighted by molar-refractivity contribution is -0.171. The highest BCUT2D eigenvalue weighted by Gasteiger charge is 2.60. The van der Waals surface area contributed by atoms with E-state index in [1.807, 2.05) is 13.8 Å². The van der Waals surface area contributed by atoms with Crippen LogP contribution in [-0.2, 0) is 14.3 Å². The molecule has 2 aliphatic rings. The number of rotatable bonds is 1. The van der Waals surface area contributed by atoms with Crippen molar-refractivity contribution in [2.75, 3.05) is 0 Å². The smallest absolute Gasteiger partial charge is 0.315 e. The van der Waals surface area contributed by atoms with Crippen LogP contribution in [0.25, 0.3) is 0 Å². The molecule has 2 fully saturated rings. The summed E-state index contributed by atoms with van der Waals surface area (Å²) >= 11 is 0. The van der Waals surface area contributed by atoms with E-state index in [0.717, 1.165) is 0 Å². The molecule has 1 saturated carbocycles. The molecule has 7 nitrogen and oxygen atoms in total. The molecule has 0 aromatic carbocycles. The predicted octanol–water partition coefficient (Wildman–Crippen LogP) is 2.68. The zero-order chi connectivity index (χ0) is 23.8. The molecule has 0 radical (unpaired) electrons. The monoisotopic (exact) mass is 447 g/mol. The average Bonchev–Trinajstić information content (AvgIpc) is 3.61. The number of aromatic nitrogens is 1.